The van der Waals surface area contributed by atoms with Crippen LogP contribution >= 0.6 is 0 Å². The van der Waals surface area contributed by atoms with Gasteiger partial charge in [0.2, 0.25) is 0 Å². The van der Waals surface area contributed by atoms with E-state index >= 15 is 0 Å². The second kappa shape index (κ2) is 7.34. The molecule has 0 rings (SSSR count). The standard InChI is InChI=1S/C11H25NO/c1-5-13-8-6-7-11(9(2)3)10(4)12/h9-11H,5-8,12H2,1-4H3. The van der Waals surface area contributed by atoms with Gasteiger partial charge in [-0.1, -0.05) is 13.8 Å². The van der Waals surface area contributed by atoms with Crippen LogP contribution in [0.15, 0.2) is 0 Å². The number of hydrogen-bond acceptors (Lipinski definition) is 2. The quantitative estimate of drug-likeness (QED) is 0.621. The Hall–Kier alpha value is -0.0800. The normalized spacial score (nSPS) is 16.2. The lowest BCUT2D eigenvalue weighted by atomic mass is 9.86. The van der Waals surface area contributed by atoms with Crippen LogP contribution in [0.4, 0.5) is 0 Å². The molecule has 2 unspecified atom stereocenters. The van der Waals surface area contributed by atoms with Crippen LogP contribution < -0.4 is 5.73 Å². The van der Waals surface area contributed by atoms with Gasteiger partial charge in [-0.3, -0.25) is 0 Å². The van der Waals surface area contributed by atoms with E-state index in [4.69, 9.17) is 10.5 Å². The van der Waals surface area contributed by atoms with Crippen molar-refractivity contribution in [1.82, 2.24) is 0 Å². The predicted molar refractivity (Wildman–Crippen MR) is 57.7 cm³/mol. The first-order valence-electron chi connectivity index (χ1n) is 5.42. The first-order valence-corrected chi connectivity index (χ1v) is 5.42. The second-order valence-electron chi connectivity index (χ2n) is 4.11. The molecule has 2 nitrogen and oxygen atoms in total. The summed E-state index contributed by atoms with van der Waals surface area (Å²) < 4.78 is 5.30. The fraction of sp³-hybridized carbons (Fsp3) is 1.00. The van der Waals surface area contributed by atoms with Crippen molar-refractivity contribution in [1.29, 1.82) is 0 Å². The Labute approximate surface area is 82.8 Å². The van der Waals surface area contributed by atoms with E-state index in [2.05, 4.69) is 20.8 Å². The maximum Gasteiger partial charge on any atom is 0.0466 e. The zero-order chi connectivity index (χ0) is 10.3. The van der Waals surface area contributed by atoms with Gasteiger partial charge in [0.05, 0.1) is 0 Å². The molecular formula is C11H25NO. The Bertz CT molecular complexity index is 105. The minimum atomic E-state index is 0.307. The summed E-state index contributed by atoms with van der Waals surface area (Å²) in [4.78, 5) is 0. The van der Waals surface area contributed by atoms with Crippen LogP contribution in [-0.4, -0.2) is 19.3 Å². The van der Waals surface area contributed by atoms with Crippen molar-refractivity contribution < 1.29 is 4.74 Å². The Morgan fingerprint density at radius 2 is 1.85 bits per heavy atom. The largest absolute Gasteiger partial charge is 0.382 e. The van der Waals surface area contributed by atoms with E-state index in [0.29, 0.717) is 17.9 Å². The number of nitrogens with two attached hydrogens (primary N) is 1. The maximum absolute atomic E-state index is 5.91. The van der Waals surface area contributed by atoms with Gasteiger partial charge in [0.1, 0.15) is 0 Å². The Balaban J connectivity index is 3.58. The van der Waals surface area contributed by atoms with Crippen molar-refractivity contribution in [3.63, 3.8) is 0 Å². The molecule has 0 amide bonds. The van der Waals surface area contributed by atoms with Gasteiger partial charge in [-0.2, -0.15) is 0 Å². The second-order valence-corrected chi connectivity index (χ2v) is 4.11. The molecule has 0 aliphatic heterocycles. The molecule has 80 valence electrons. The average molecular weight is 187 g/mol. The van der Waals surface area contributed by atoms with E-state index < -0.39 is 0 Å². The molecule has 2 N–H and O–H groups in total. The van der Waals surface area contributed by atoms with Crippen LogP contribution in [0.2, 0.25) is 0 Å². The van der Waals surface area contributed by atoms with Gasteiger partial charge < -0.3 is 10.5 Å². The van der Waals surface area contributed by atoms with Gasteiger partial charge >= 0.3 is 0 Å². The maximum atomic E-state index is 5.91. The summed E-state index contributed by atoms with van der Waals surface area (Å²) in [6, 6.07) is 0.307. The Kier molecular flexibility index (Phi) is 7.29. The van der Waals surface area contributed by atoms with E-state index in [1.54, 1.807) is 0 Å². The third-order valence-electron chi connectivity index (χ3n) is 2.56. The molecular weight excluding hydrogens is 162 g/mol. The number of rotatable bonds is 7. The molecule has 2 heteroatoms. The Morgan fingerprint density at radius 1 is 1.23 bits per heavy atom. The van der Waals surface area contributed by atoms with Crippen molar-refractivity contribution in [2.45, 2.75) is 46.6 Å². The fourth-order valence-electron chi connectivity index (χ4n) is 1.77. The highest BCUT2D eigenvalue weighted by molar-refractivity contribution is 4.71. The fourth-order valence-corrected chi connectivity index (χ4v) is 1.77. The van der Waals surface area contributed by atoms with E-state index in [1.807, 2.05) is 6.92 Å². The highest BCUT2D eigenvalue weighted by Crippen LogP contribution is 2.19. The average Bonchev–Trinajstić information content (AvgIpc) is 2.02. The highest BCUT2D eigenvalue weighted by atomic mass is 16.5. The number of hydrogen-bond donors (Lipinski definition) is 1. The molecule has 2 atom stereocenters. The molecule has 0 heterocycles. The van der Waals surface area contributed by atoms with Crippen LogP contribution in [0.25, 0.3) is 0 Å². The SMILES string of the molecule is CCOCCCC(C(C)C)C(C)N. The smallest absolute Gasteiger partial charge is 0.0466 e. The van der Waals surface area contributed by atoms with Crippen LogP contribution in [0.1, 0.15) is 40.5 Å². The topological polar surface area (TPSA) is 35.2 Å². The van der Waals surface area contributed by atoms with Gasteiger partial charge in [-0.15, -0.1) is 0 Å². The summed E-state index contributed by atoms with van der Waals surface area (Å²) in [6.07, 6.45) is 2.33. The lowest BCUT2D eigenvalue weighted by Crippen LogP contribution is -2.30. The summed E-state index contributed by atoms with van der Waals surface area (Å²) in [5.41, 5.74) is 5.91. The summed E-state index contributed by atoms with van der Waals surface area (Å²) in [6.45, 7) is 10.3. The summed E-state index contributed by atoms with van der Waals surface area (Å²) in [5, 5.41) is 0. The summed E-state index contributed by atoms with van der Waals surface area (Å²) >= 11 is 0. The van der Waals surface area contributed by atoms with Crippen LogP contribution in [0.3, 0.4) is 0 Å². The molecule has 0 aromatic carbocycles. The molecule has 0 radical (unpaired) electrons. The Morgan fingerprint density at radius 3 is 2.23 bits per heavy atom. The molecule has 0 bridgehead atoms. The summed E-state index contributed by atoms with van der Waals surface area (Å²) in [5.74, 6) is 1.32. The van der Waals surface area contributed by atoms with E-state index in [1.165, 1.54) is 6.42 Å². The molecule has 0 aromatic heterocycles. The van der Waals surface area contributed by atoms with Gasteiger partial charge in [0, 0.05) is 19.3 Å². The molecule has 0 aliphatic carbocycles. The highest BCUT2D eigenvalue weighted by Gasteiger charge is 2.16. The molecule has 0 saturated carbocycles. The zero-order valence-electron chi connectivity index (χ0n) is 9.55. The molecule has 0 aromatic rings. The first-order chi connectivity index (χ1) is 6.09. The van der Waals surface area contributed by atoms with Gasteiger partial charge in [-0.05, 0) is 38.5 Å². The molecule has 0 saturated heterocycles. The van der Waals surface area contributed by atoms with E-state index in [-0.39, 0.29) is 0 Å². The monoisotopic (exact) mass is 187 g/mol. The lowest BCUT2D eigenvalue weighted by Gasteiger charge is -2.24. The van der Waals surface area contributed by atoms with E-state index in [9.17, 15) is 0 Å². The van der Waals surface area contributed by atoms with Crippen LogP contribution in [-0.2, 0) is 4.74 Å². The third kappa shape index (κ3) is 6.05. The van der Waals surface area contributed by atoms with Crippen LogP contribution in [0, 0.1) is 11.8 Å². The van der Waals surface area contributed by atoms with Crippen molar-refractivity contribution in [2.24, 2.45) is 17.6 Å². The first kappa shape index (κ1) is 12.9. The lowest BCUT2D eigenvalue weighted by molar-refractivity contribution is 0.134. The van der Waals surface area contributed by atoms with Crippen molar-refractivity contribution in [3.8, 4) is 0 Å². The zero-order valence-corrected chi connectivity index (χ0v) is 9.55. The minimum Gasteiger partial charge on any atom is -0.382 e. The van der Waals surface area contributed by atoms with E-state index in [0.717, 1.165) is 19.6 Å². The van der Waals surface area contributed by atoms with Crippen molar-refractivity contribution >= 4 is 0 Å². The van der Waals surface area contributed by atoms with Gasteiger partial charge in [0.25, 0.3) is 0 Å². The molecule has 0 aliphatic rings. The molecule has 13 heavy (non-hydrogen) atoms. The van der Waals surface area contributed by atoms with Gasteiger partial charge in [0.15, 0.2) is 0 Å². The minimum absolute atomic E-state index is 0.307. The third-order valence-corrected chi connectivity index (χ3v) is 2.56. The van der Waals surface area contributed by atoms with Crippen molar-refractivity contribution in [3.05, 3.63) is 0 Å². The predicted octanol–water partition coefficient (Wildman–Crippen LogP) is 2.42. The number of ether oxygens (including phenoxy) is 1. The van der Waals surface area contributed by atoms with Crippen molar-refractivity contribution in [2.75, 3.05) is 13.2 Å². The summed E-state index contributed by atoms with van der Waals surface area (Å²) in [7, 11) is 0. The van der Waals surface area contributed by atoms with Gasteiger partial charge in [-0.25, -0.2) is 0 Å². The molecule has 0 spiro atoms. The van der Waals surface area contributed by atoms with Crippen LogP contribution in [0.5, 0.6) is 0 Å². The molecule has 0 fully saturated rings.